The highest BCUT2D eigenvalue weighted by Gasteiger charge is 2.32. The van der Waals surface area contributed by atoms with Crippen molar-refractivity contribution >= 4 is 29.4 Å². The second-order valence-electron chi connectivity index (χ2n) is 8.10. The summed E-state index contributed by atoms with van der Waals surface area (Å²) in [4.78, 5) is 42.1. The van der Waals surface area contributed by atoms with E-state index < -0.39 is 29.7 Å². The van der Waals surface area contributed by atoms with E-state index in [-0.39, 0.29) is 22.5 Å². The number of hydrogen-bond donors (Lipinski definition) is 3. The van der Waals surface area contributed by atoms with Crippen LogP contribution in [0.15, 0.2) is 48.9 Å². The molecular formula is C23H23ClF3N5O3. The molecule has 3 rings (SSSR count). The number of carbonyl (C=O) groups excluding carboxylic acids is 3. The molecule has 2 heterocycles. The van der Waals surface area contributed by atoms with Gasteiger partial charge in [-0.2, -0.15) is 13.2 Å². The van der Waals surface area contributed by atoms with E-state index in [1.165, 1.54) is 6.07 Å². The van der Waals surface area contributed by atoms with E-state index in [1.807, 2.05) is 12.3 Å². The number of carbonyl (C=O) groups is 3. The third-order valence-corrected chi connectivity index (χ3v) is 5.86. The number of nitrogens with one attached hydrogen (secondary N) is 3. The van der Waals surface area contributed by atoms with Gasteiger partial charge < -0.3 is 10.2 Å². The average Bonchev–Trinajstić information content (AvgIpc) is 3.14. The number of rotatable bonds is 4. The number of hydrazine groups is 1. The standard InChI is InChI=1S/C23H23ClF3N5O3/c1-12-4-5-13(2)32(12)21(34)15-6-7-18(19(24)9-15)14(3)29-22(35)31-30-20(33)16-8-17(11-28-10-16)23(25,26)27/h6-11,13-14H,1,4-5H2,2-3H3,(H,30,33)(H2,29,31,35)/t13-,14+/m0/s1. The Bertz CT molecular complexity index is 1170. The Kier molecular flexibility index (Phi) is 7.69. The minimum absolute atomic E-state index is 0.0414. The van der Waals surface area contributed by atoms with Gasteiger partial charge in [-0.15, -0.1) is 0 Å². The molecule has 1 fully saturated rings. The molecule has 2 atom stereocenters. The molecule has 1 aliphatic rings. The van der Waals surface area contributed by atoms with Crippen LogP contribution in [0.4, 0.5) is 18.0 Å². The number of allylic oxidation sites excluding steroid dienone is 1. The summed E-state index contributed by atoms with van der Waals surface area (Å²) in [5, 5.41) is 2.79. The quantitative estimate of drug-likeness (QED) is 0.524. The van der Waals surface area contributed by atoms with E-state index in [9.17, 15) is 27.6 Å². The van der Waals surface area contributed by atoms with Gasteiger partial charge in [0.25, 0.3) is 11.8 Å². The van der Waals surface area contributed by atoms with Crippen LogP contribution in [0.5, 0.6) is 0 Å². The van der Waals surface area contributed by atoms with E-state index in [2.05, 4.69) is 22.3 Å². The molecule has 0 radical (unpaired) electrons. The average molecular weight is 510 g/mol. The minimum Gasteiger partial charge on any atom is -0.330 e. The summed E-state index contributed by atoms with van der Waals surface area (Å²) in [6.45, 7) is 7.51. The monoisotopic (exact) mass is 509 g/mol. The zero-order chi connectivity index (χ0) is 25.9. The summed E-state index contributed by atoms with van der Waals surface area (Å²) in [6.07, 6.45) is -1.55. The van der Waals surface area contributed by atoms with E-state index in [0.29, 0.717) is 23.4 Å². The van der Waals surface area contributed by atoms with Crippen LogP contribution in [0, 0.1) is 0 Å². The minimum atomic E-state index is -4.66. The SMILES string of the molecule is C=C1CC[C@H](C)N1C(=O)c1ccc([C@@H](C)NC(=O)NNC(=O)c2cncc(C(F)(F)F)c2)c(Cl)c1. The molecule has 0 spiro atoms. The van der Waals surface area contributed by atoms with Gasteiger partial charge in [0.1, 0.15) is 0 Å². The molecule has 8 nitrogen and oxygen atoms in total. The number of aromatic nitrogens is 1. The predicted molar refractivity (Wildman–Crippen MR) is 122 cm³/mol. The van der Waals surface area contributed by atoms with Gasteiger partial charge in [-0.05, 0) is 50.5 Å². The smallest absolute Gasteiger partial charge is 0.330 e. The number of halogens is 4. The first kappa shape index (κ1) is 26.0. The summed E-state index contributed by atoms with van der Waals surface area (Å²) in [6, 6.07) is 3.92. The third-order valence-electron chi connectivity index (χ3n) is 5.53. The normalized spacial score (nSPS) is 16.6. The van der Waals surface area contributed by atoms with Crippen molar-refractivity contribution in [1.82, 2.24) is 26.1 Å². The van der Waals surface area contributed by atoms with Crippen LogP contribution in [0.1, 0.15) is 64.6 Å². The number of nitrogens with zero attached hydrogens (tertiary/aromatic N) is 2. The number of pyridine rings is 1. The molecule has 1 aromatic heterocycles. The van der Waals surface area contributed by atoms with Gasteiger partial charge in [0.2, 0.25) is 0 Å². The highest BCUT2D eigenvalue weighted by Crippen LogP contribution is 2.30. The van der Waals surface area contributed by atoms with Crippen molar-refractivity contribution in [3.63, 3.8) is 0 Å². The van der Waals surface area contributed by atoms with Gasteiger partial charge in [0.15, 0.2) is 0 Å². The number of hydrogen-bond acceptors (Lipinski definition) is 4. The maximum Gasteiger partial charge on any atom is 0.417 e. The second kappa shape index (κ2) is 10.3. The lowest BCUT2D eigenvalue weighted by molar-refractivity contribution is -0.137. The highest BCUT2D eigenvalue weighted by atomic mass is 35.5. The molecule has 0 bridgehead atoms. The number of likely N-dealkylation sites (tertiary alicyclic amines) is 1. The van der Waals surface area contributed by atoms with Gasteiger partial charge in [-0.3, -0.25) is 20.0 Å². The van der Waals surface area contributed by atoms with E-state index in [0.717, 1.165) is 24.7 Å². The van der Waals surface area contributed by atoms with Gasteiger partial charge in [0.05, 0.1) is 17.2 Å². The number of benzene rings is 1. The molecule has 1 aromatic carbocycles. The van der Waals surface area contributed by atoms with Gasteiger partial charge in [-0.25, -0.2) is 10.2 Å². The zero-order valence-electron chi connectivity index (χ0n) is 18.9. The summed E-state index contributed by atoms with van der Waals surface area (Å²) in [5.41, 5.74) is 4.24. The topological polar surface area (TPSA) is 103 Å². The number of urea groups is 1. The van der Waals surface area contributed by atoms with Gasteiger partial charge >= 0.3 is 12.2 Å². The first-order valence-electron chi connectivity index (χ1n) is 10.6. The molecule has 3 N–H and O–H groups in total. The predicted octanol–water partition coefficient (Wildman–Crippen LogP) is 4.60. The van der Waals surface area contributed by atoms with Crippen molar-refractivity contribution in [2.75, 3.05) is 0 Å². The fourth-order valence-electron chi connectivity index (χ4n) is 3.65. The van der Waals surface area contributed by atoms with Crippen LogP contribution in [0.3, 0.4) is 0 Å². The van der Waals surface area contributed by atoms with Gasteiger partial charge in [-0.1, -0.05) is 24.2 Å². The summed E-state index contributed by atoms with van der Waals surface area (Å²) in [5.74, 6) is -1.19. The molecule has 0 aliphatic carbocycles. The maximum absolute atomic E-state index is 12.8. The molecule has 0 unspecified atom stereocenters. The first-order chi connectivity index (χ1) is 16.4. The van der Waals surface area contributed by atoms with Crippen molar-refractivity contribution in [2.24, 2.45) is 0 Å². The third kappa shape index (κ3) is 6.10. The fraction of sp³-hybridized carbons (Fsp3) is 0.304. The Morgan fingerprint density at radius 1 is 1.17 bits per heavy atom. The Labute approximate surface area is 204 Å². The zero-order valence-corrected chi connectivity index (χ0v) is 19.6. The molecule has 186 valence electrons. The van der Waals surface area contributed by atoms with Crippen molar-refractivity contribution in [3.05, 3.63) is 76.2 Å². The summed E-state index contributed by atoms with van der Waals surface area (Å²) < 4.78 is 38.3. The van der Waals surface area contributed by atoms with Crippen molar-refractivity contribution in [2.45, 2.75) is 44.9 Å². The maximum atomic E-state index is 12.8. The number of amides is 4. The second-order valence-corrected chi connectivity index (χ2v) is 8.51. The van der Waals surface area contributed by atoms with E-state index in [4.69, 9.17) is 11.6 Å². The van der Waals surface area contributed by atoms with Crippen LogP contribution < -0.4 is 16.2 Å². The van der Waals surface area contributed by atoms with E-state index in [1.54, 1.807) is 24.0 Å². The molecule has 4 amide bonds. The highest BCUT2D eigenvalue weighted by molar-refractivity contribution is 6.31. The summed E-state index contributed by atoms with van der Waals surface area (Å²) in [7, 11) is 0. The fourth-order valence-corrected chi connectivity index (χ4v) is 3.99. The lowest BCUT2D eigenvalue weighted by Crippen LogP contribution is -2.47. The largest absolute Gasteiger partial charge is 0.417 e. The summed E-state index contributed by atoms with van der Waals surface area (Å²) >= 11 is 6.36. The Balaban J connectivity index is 1.59. The van der Waals surface area contributed by atoms with Gasteiger partial charge in [0, 0.05) is 34.7 Å². The van der Waals surface area contributed by atoms with Crippen LogP contribution >= 0.6 is 11.6 Å². The van der Waals surface area contributed by atoms with Crippen LogP contribution in [-0.4, -0.2) is 33.8 Å². The van der Waals surface area contributed by atoms with Crippen molar-refractivity contribution in [3.8, 4) is 0 Å². The lowest BCUT2D eigenvalue weighted by Gasteiger charge is -2.23. The first-order valence-corrected chi connectivity index (χ1v) is 11.0. The molecule has 1 saturated heterocycles. The Morgan fingerprint density at radius 3 is 2.49 bits per heavy atom. The van der Waals surface area contributed by atoms with Crippen LogP contribution in [-0.2, 0) is 6.18 Å². The molecule has 0 saturated carbocycles. The number of alkyl halides is 3. The Hall–Kier alpha value is -3.60. The van der Waals surface area contributed by atoms with Crippen LogP contribution in [0.2, 0.25) is 5.02 Å². The Morgan fingerprint density at radius 2 is 1.89 bits per heavy atom. The van der Waals surface area contributed by atoms with Crippen LogP contribution in [0.25, 0.3) is 0 Å². The molecule has 12 heteroatoms. The van der Waals surface area contributed by atoms with E-state index >= 15 is 0 Å². The van der Waals surface area contributed by atoms with Crippen molar-refractivity contribution in [1.29, 1.82) is 0 Å². The molecule has 2 aromatic rings. The molecule has 1 aliphatic heterocycles. The van der Waals surface area contributed by atoms with Crippen molar-refractivity contribution < 1.29 is 27.6 Å². The molecule has 35 heavy (non-hydrogen) atoms. The molecular weight excluding hydrogens is 487 g/mol. The lowest BCUT2D eigenvalue weighted by atomic mass is 10.0.